The molecule has 1 fully saturated rings. The molecule has 116 valence electrons. The van der Waals surface area contributed by atoms with Crippen LogP contribution in [0.2, 0.25) is 5.02 Å². The van der Waals surface area contributed by atoms with Crippen molar-refractivity contribution in [3.05, 3.63) is 57.2 Å². The van der Waals surface area contributed by atoms with E-state index in [1.807, 2.05) is 24.3 Å². The van der Waals surface area contributed by atoms with E-state index in [0.717, 1.165) is 24.9 Å². The Kier molecular flexibility index (Phi) is 5.13. The smallest absolute Gasteiger partial charge is 0.234 e. The van der Waals surface area contributed by atoms with Crippen LogP contribution in [0.25, 0.3) is 0 Å². The Morgan fingerprint density at radius 1 is 1.32 bits per heavy atom. The number of rotatable bonds is 5. The van der Waals surface area contributed by atoms with Gasteiger partial charge in [-0.3, -0.25) is 9.69 Å². The summed E-state index contributed by atoms with van der Waals surface area (Å²) in [5.41, 5.74) is 2.40. The zero-order chi connectivity index (χ0) is 15.4. The third-order valence-corrected chi connectivity index (χ3v) is 4.99. The number of halogens is 1. The van der Waals surface area contributed by atoms with Crippen molar-refractivity contribution in [2.75, 3.05) is 13.1 Å². The Balaban J connectivity index is 1.52. The lowest BCUT2D eigenvalue weighted by Gasteiger charge is -2.23. The number of amides is 1. The molecular formula is C17H19ClN2OS. The average Bonchev–Trinajstić information content (AvgIpc) is 3.17. The summed E-state index contributed by atoms with van der Waals surface area (Å²) in [6.45, 7) is 2.01. The fourth-order valence-corrected chi connectivity index (χ4v) is 3.73. The van der Waals surface area contributed by atoms with Crippen LogP contribution in [-0.4, -0.2) is 23.9 Å². The van der Waals surface area contributed by atoms with E-state index in [1.54, 1.807) is 11.3 Å². The monoisotopic (exact) mass is 334 g/mol. The van der Waals surface area contributed by atoms with Gasteiger partial charge in [-0.05, 0) is 59.5 Å². The molecular weight excluding hydrogens is 316 g/mol. The first kappa shape index (κ1) is 15.5. The van der Waals surface area contributed by atoms with Crippen LogP contribution in [0, 0.1) is 0 Å². The number of benzene rings is 1. The first-order chi connectivity index (χ1) is 10.7. The van der Waals surface area contributed by atoms with Crippen LogP contribution >= 0.6 is 22.9 Å². The maximum absolute atomic E-state index is 12.2. The molecule has 1 aromatic heterocycles. The maximum Gasteiger partial charge on any atom is 0.234 e. The Morgan fingerprint density at radius 2 is 2.14 bits per heavy atom. The molecule has 1 saturated heterocycles. The molecule has 0 bridgehead atoms. The van der Waals surface area contributed by atoms with E-state index in [1.165, 1.54) is 5.56 Å². The quantitative estimate of drug-likeness (QED) is 0.900. The van der Waals surface area contributed by atoms with Crippen molar-refractivity contribution in [2.24, 2.45) is 0 Å². The molecule has 1 aliphatic rings. The highest BCUT2D eigenvalue weighted by Gasteiger charge is 2.27. The second kappa shape index (κ2) is 7.27. The van der Waals surface area contributed by atoms with Crippen molar-refractivity contribution >= 4 is 28.8 Å². The van der Waals surface area contributed by atoms with Crippen molar-refractivity contribution in [2.45, 2.75) is 25.4 Å². The number of likely N-dealkylation sites (tertiary alicyclic amines) is 1. The molecule has 5 heteroatoms. The summed E-state index contributed by atoms with van der Waals surface area (Å²) in [6, 6.07) is 10.1. The fraction of sp³-hybridized carbons (Fsp3) is 0.353. The van der Waals surface area contributed by atoms with E-state index in [2.05, 4.69) is 27.0 Å². The number of hydrogen-bond donors (Lipinski definition) is 1. The minimum atomic E-state index is 0.0806. The molecule has 3 nitrogen and oxygen atoms in total. The summed E-state index contributed by atoms with van der Waals surface area (Å²) in [4.78, 5) is 14.5. The summed E-state index contributed by atoms with van der Waals surface area (Å²) in [6.07, 6.45) is 2.30. The van der Waals surface area contributed by atoms with Gasteiger partial charge in [-0.2, -0.15) is 11.3 Å². The predicted octanol–water partition coefficient (Wildman–Crippen LogP) is 3.85. The third-order valence-electron chi connectivity index (χ3n) is 4.04. The van der Waals surface area contributed by atoms with E-state index >= 15 is 0 Å². The standard InChI is InChI=1S/C17H19ClN2OS/c18-15-5-3-13(4-6-15)10-19-17(21)11-20-8-1-2-16(20)14-7-9-22-12-14/h3-7,9,12,16H,1-2,8,10-11H2,(H,19,21)/t16-/m1/s1. The lowest BCUT2D eigenvalue weighted by molar-refractivity contribution is -0.122. The minimum absolute atomic E-state index is 0.0806. The first-order valence-corrected chi connectivity index (χ1v) is 8.82. The van der Waals surface area contributed by atoms with Gasteiger partial charge in [-0.25, -0.2) is 0 Å². The third kappa shape index (κ3) is 3.88. The number of carbonyl (C=O) groups excluding carboxylic acids is 1. The van der Waals surface area contributed by atoms with Gasteiger partial charge in [0.1, 0.15) is 0 Å². The average molecular weight is 335 g/mol. The highest BCUT2D eigenvalue weighted by atomic mass is 35.5. The number of nitrogens with zero attached hydrogens (tertiary/aromatic N) is 1. The summed E-state index contributed by atoms with van der Waals surface area (Å²) in [5, 5.41) is 8.00. The lowest BCUT2D eigenvalue weighted by Crippen LogP contribution is -2.36. The van der Waals surface area contributed by atoms with Gasteiger partial charge in [0.2, 0.25) is 5.91 Å². The molecule has 2 heterocycles. The molecule has 0 aliphatic carbocycles. The molecule has 0 saturated carbocycles. The molecule has 0 spiro atoms. The molecule has 2 aromatic rings. The molecule has 1 N–H and O–H groups in total. The molecule has 22 heavy (non-hydrogen) atoms. The number of carbonyl (C=O) groups is 1. The van der Waals surface area contributed by atoms with Crippen LogP contribution in [0.4, 0.5) is 0 Å². The van der Waals surface area contributed by atoms with Crippen LogP contribution in [0.1, 0.15) is 30.0 Å². The SMILES string of the molecule is O=C(CN1CCC[C@@H]1c1ccsc1)NCc1ccc(Cl)cc1. The van der Waals surface area contributed by atoms with Crippen molar-refractivity contribution in [3.8, 4) is 0 Å². The fourth-order valence-electron chi connectivity index (χ4n) is 2.90. The maximum atomic E-state index is 12.2. The van der Waals surface area contributed by atoms with Gasteiger partial charge in [0.15, 0.2) is 0 Å². The summed E-state index contributed by atoms with van der Waals surface area (Å²) in [5.74, 6) is 0.0806. The van der Waals surface area contributed by atoms with Crippen molar-refractivity contribution in [1.29, 1.82) is 0 Å². The Labute approximate surface area is 139 Å². The highest BCUT2D eigenvalue weighted by Crippen LogP contribution is 2.32. The first-order valence-electron chi connectivity index (χ1n) is 7.49. The van der Waals surface area contributed by atoms with E-state index in [4.69, 9.17) is 11.6 Å². The summed E-state index contributed by atoms with van der Waals surface area (Å²) >= 11 is 7.58. The molecule has 3 rings (SSSR count). The molecule has 1 aliphatic heterocycles. The summed E-state index contributed by atoms with van der Waals surface area (Å²) in [7, 11) is 0. The normalized spacial score (nSPS) is 18.5. The number of nitrogens with one attached hydrogen (secondary N) is 1. The van der Waals surface area contributed by atoms with Crippen molar-refractivity contribution < 1.29 is 4.79 Å². The minimum Gasteiger partial charge on any atom is -0.351 e. The Hall–Kier alpha value is -1.36. The van der Waals surface area contributed by atoms with Crippen molar-refractivity contribution in [1.82, 2.24) is 10.2 Å². The van der Waals surface area contributed by atoms with Gasteiger partial charge in [-0.1, -0.05) is 23.7 Å². The number of hydrogen-bond acceptors (Lipinski definition) is 3. The van der Waals surface area contributed by atoms with Gasteiger partial charge in [0.25, 0.3) is 0 Å². The second-order valence-electron chi connectivity index (χ2n) is 5.59. The van der Waals surface area contributed by atoms with Crippen LogP contribution in [-0.2, 0) is 11.3 Å². The second-order valence-corrected chi connectivity index (χ2v) is 6.80. The van der Waals surface area contributed by atoms with E-state index in [0.29, 0.717) is 24.2 Å². The molecule has 1 amide bonds. The zero-order valence-electron chi connectivity index (χ0n) is 12.3. The van der Waals surface area contributed by atoms with E-state index in [-0.39, 0.29) is 5.91 Å². The topological polar surface area (TPSA) is 32.3 Å². The zero-order valence-corrected chi connectivity index (χ0v) is 13.9. The largest absolute Gasteiger partial charge is 0.351 e. The summed E-state index contributed by atoms with van der Waals surface area (Å²) < 4.78 is 0. The van der Waals surface area contributed by atoms with Gasteiger partial charge in [0.05, 0.1) is 6.54 Å². The van der Waals surface area contributed by atoms with Crippen LogP contribution in [0.5, 0.6) is 0 Å². The van der Waals surface area contributed by atoms with Gasteiger partial charge in [-0.15, -0.1) is 0 Å². The van der Waals surface area contributed by atoms with Crippen LogP contribution < -0.4 is 5.32 Å². The lowest BCUT2D eigenvalue weighted by atomic mass is 10.1. The van der Waals surface area contributed by atoms with E-state index < -0.39 is 0 Å². The van der Waals surface area contributed by atoms with Crippen LogP contribution in [0.15, 0.2) is 41.1 Å². The van der Waals surface area contributed by atoms with Crippen molar-refractivity contribution in [3.63, 3.8) is 0 Å². The Bertz CT molecular complexity index is 612. The predicted molar refractivity (Wildman–Crippen MR) is 91.2 cm³/mol. The van der Waals surface area contributed by atoms with E-state index in [9.17, 15) is 4.79 Å². The van der Waals surface area contributed by atoms with Crippen LogP contribution in [0.3, 0.4) is 0 Å². The Morgan fingerprint density at radius 3 is 2.86 bits per heavy atom. The van der Waals surface area contributed by atoms with Gasteiger partial charge < -0.3 is 5.32 Å². The highest BCUT2D eigenvalue weighted by molar-refractivity contribution is 7.07. The molecule has 1 atom stereocenters. The molecule has 0 radical (unpaired) electrons. The number of thiophene rings is 1. The molecule has 0 unspecified atom stereocenters. The van der Waals surface area contributed by atoms with Gasteiger partial charge >= 0.3 is 0 Å². The molecule has 1 aromatic carbocycles. The van der Waals surface area contributed by atoms with Gasteiger partial charge in [0, 0.05) is 17.6 Å².